The first-order valence-corrected chi connectivity index (χ1v) is 12.6. The zero-order valence-electron chi connectivity index (χ0n) is 20.2. The SMILES string of the molecule is C=CC(=O)N1CCCC1Cn1c(NC(=O)c2ccc(-n3cccn3)s2)nc2cc(C(C)(C)O)ccc21. The van der Waals surface area contributed by atoms with Gasteiger partial charge >= 0.3 is 0 Å². The summed E-state index contributed by atoms with van der Waals surface area (Å²) < 4.78 is 3.66. The van der Waals surface area contributed by atoms with Gasteiger partial charge in [0.1, 0.15) is 5.00 Å². The van der Waals surface area contributed by atoms with Crippen molar-refractivity contribution in [2.45, 2.75) is 44.9 Å². The largest absolute Gasteiger partial charge is 0.386 e. The third kappa shape index (κ3) is 4.57. The van der Waals surface area contributed by atoms with E-state index in [-0.39, 0.29) is 17.9 Å². The first-order valence-electron chi connectivity index (χ1n) is 11.8. The van der Waals surface area contributed by atoms with Crippen molar-refractivity contribution in [3.63, 3.8) is 0 Å². The molecule has 0 saturated carbocycles. The second-order valence-electron chi connectivity index (χ2n) is 9.38. The lowest BCUT2D eigenvalue weighted by Gasteiger charge is -2.25. The fraction of sp³-hybridized carbons (Fsp3) is 0.308. The number of likely N-dealkylation sites (tertiary alicyclic amines) is 1. The van der Waals surface area contributed by atoms with Gasteiger partial charge in [0.05, 0.1) is 27.6 Å². The standard InChI is InChI=1S/C26H28N6O3S/c1-4-22(33)30-13-5-7-18(30)16-31-20-9-8-17(26(2,3)35)15-19(20)28-25(31)29-24(34)21-10-11-23(36-21)32-14-6-12-27-32/h4,6,8-12,14-15,18,35H,1,5,7,13,16H2,2-3H3,(H,28,29,34). The van der Waals surface area contributed by atoms with Crippen LogP contribution in [0.2, 0.25) is 0 Å². The van der Waals surface area contributed by atoms with Gasteiger partial charge in [0.15, 0.2) is 0 Å². The first-order chi connectivity index (χ1) is 17.2. The third-order valence-corrected chi connectivity index (χ3v) is 7.53. The molecule has 9 nitrogen and oxygen atoms in total. The van der Waals surface area contributed by atoms with E-state index in [1.807, 2.05) is 46.0 Å². The summed E-state index contributed by atoms with van der Waals surface area (Å²) in [7, 11) is 0. The lowest BCUT2D eigenvalue weighted by atomic mass is 9.98. The van der Waals surface area contributed by atoms with Crippen LogP contribution in [0.3, 0.4) is 0 Å². The lowest BCUT2D eigenvalue weighted by molar-refractivity contribution is -0.126. The van der Waals surface area contributed by atoms with Crippen LogP contribution < -0.4 is 5.32 Å². The van der Waals surface area contributed by atoms with E-state index in [1.165, 1.54) is 17.4 Å². The molecule has 1 aliphatic rings. The van der Waals surface area contributed by atoms with Crippen LogP contribution in [0.1, 0.15) is 41.9 Å². The average molecular weight is 505 g/mol. The monoisotopic (exact) mass is 504 g/mol. The Labute approximate surface area is 212 Å². The van der Waals surface area contributed by atoms with Gasteiger partial charge < -0.3 is 14.6 Å². The molecule has 1 fully saturated rings. The van der Waals surface area contributed by atoms with Gasteiger partial charge in [-0.15, -0.1) is 11.3 Å². The normalized spacial score (nSPS) is 16.0. The van der Waals surface area contributed by atoms with Gasteiger partial charge in [0, 0.05) is 25.5 Å². The molecule has 0 spiro atoms. The number of benzene rings is 1. The maximum Gasteiger partial charge on any atom is 0.268 e. The Morgan fingerprint density at radius 3 is 2.86 bits per heavy atom. The zero-order chi connectivity index (χ0) is 25.4. The highest BCUT2D eigenvalue weighted by molar-refractivity contribution is 7.16. The van der Waals surface area contributed by atoms with Crippen LogP contribution in [0, 0.1) is 0 Å². The quantitative estimate of drug-likeness (QED) is 0.371. The van der Waals surface area contributed by atoms with E-state index in [1.54, 1.807) is 30.8 Å². The molecule has 0 bridgehead atoms. The van der Waals surface area contributed by atoms with Gasteiger partial charge in [0.25, 0.3) is 5.91 Å². The van der Waals surface area contributed by atoms with Crippen molar-refractivity contribution in [3.8, 4) is 5.00 Å². The highest BCUT2D eigenvalue weighted by Crippen LogP contribution is 2.30. The number of amides is 2. The minimum absolute atomic E-state index is 0.0364. The van der Waals surface area contributed by atoms with Gasteiger partial charge in [0.2, 0.25) is 11.9 Å². The van der Waals surface area contributed by atoms with Crippen molar-refractivity contribution >= 4 is 40.1 Å². The Morgan fingerprint density at radius 2 is 2.14 bits per heavy atom. The minimum atomic E-state index is -1.03. The van der Waals surface area contributed by atoms with Crippen molar-refractivity contribution in [1.82, 2.24) is 24.2 Å². The Morgan fingerprint density at radius 1 is 1.31 bits per heavy atom. The van der Waals surface area contributed by atoms with Crippen molar-refractivity contribution in [3.05, 3.63) is 71.9 Å². The van der Waals surface area contributed by atoms with E-state index >= 15 is 0 Å². The molecule has 0 aliphatic carbocycles. The summed E-state index contributed by atoms with van der Waals surface area (Å²) in [5.74, 6) is 0.0273. The lowest BCUT2D eigenvalue weighted by Crippen LogP contribution is -2.37. The van der Waals surface area contributed by atoms with Crippen LogP contribution in [-0.4, -0.2) is 53.7 Å². The van der Waals surface area contributed by atoms with Gasteiger partial charge in [-0.05, 0) is 68.7 Å². The summed E-state index contributed by atoms with van der Waals surface area (Å²) in [5, 5.41) is 18.5. The van der Waals surface area contributed by atoms with Gasteiger partial charge in [-0.2, -0.15) is 5.10 Å². The van der Waals surface area contributed by atoms with Gasteiger partial charge in [-0.1, -0.05) is 12.6 Å². The van der Waals surface area contributed by atoms with Crippen molar-refractivity contribution in [2.24, 2.45) is 0 Å². The number of carbonyl (C=O) groups is 2. The summed E-state index contributed by atoms with van der Waals surface area (Å²) >= 11 is 1.33. The number of hydrogen-bond donors (Lipinski definition) is 2. The molecule has 2 amide bonds. The van der Waals surface area contributed by atoms with Crippen molar-refractivity contribution in [2.75, 3.05) is 11.9 Å². The predicted molar refractivity (Wildman–Crippen MR) is 139 cm³/mol. The number of rotatable bonds is 7. The molecule has 2 N–H and O–H groups in total. The van der Waals surface area contributed by atoms with Crippen LogP contribution in [0.15, 0.2) is 61.4 Å². The summed E-state index contributed by atoms with van der Waals surface area (Å²) in [6.45, 7) is 8.24. The Kier molecular flexibility index (Phi) is 6.23. The molecule has 5 rings (SSSR count). The highest BCUT2D eigenvalue weighted by Gasteiger charge is 2.29. The Balaban J connectivity index is 1.49. The molecule has 36 heavy (non-hydrogen) atoms. The number of fused-ring (bicyclic) bond motifs is 1. The average Bonchev–Trinajstić information content (AvgIpc) is 3.64. The van der Waals surface area contributed by atoms with E-state index < -0.39 is 5.60 Å². The summed E-state index contributed by atoms with van der Waals surface area (Å²) in [5.41, 5.74) is 1.18. The molecule has 0 radical (unpaired) electrons. The fourth-order valence-electron chi connectivity index (χ4n) is 4.57. The molecule has 10 heteroatoms. The van der Waals surface area contributed by atoms with E-state index in [2.05, 4.69) is 17.0 Å². The van der Waals surface area contributed by atoms with Gasteiger partial charge in [-0.3, -0.25) is 14.9 Å². The van der Waals surface area contributed by atoms with Gasteiger partial charge in [-0.25, -0.2) is 9.67 Å². The zero-order valence-corrected chi connectivity index (χ0v) is 21.0. The molecule has 1 aliphatic heterocycles. The Bertz CT molecular complexity index is 1430. The van der Waals surface area contributed by atoms with Crippen LogP contribution in [-0.2, 0) is 16.9 Å². The molecule has 4 aromatic rings. The maximum absolute atomic E-state index is 13.2. The van der Waals surface area contributed by atoms with Crippen LogP contribution >= 0.6 is 11.3 Å². The minimum Gasteiger partial charge on any atom is -0.386 e. The molecular weight excluding hydrogens is 476 g/mol. The molecule has 1 aromatic carbocycles. The van der Waals surface area contributed by atoms with Crippen molar-refractivity contribution < 1.29 is 14.7 Å². The number of nitrogens with zero attached hydrogens (tertiary/aromatic N) is 5. The number of nitrogens with one attached hydrogen (secondary N) is 1. The molecular formula is C26H28N6O3S. The topological polar surface area (TPSA) is 105 Å². The molecule has 1 atom stereocenters. The predicted octanol–water partition coefficient (Wildman–Crippen LogP) is 3.94. The molecule has 186 valence electrons. The summed E-state index contributed by atoms with van der Waals surface area (Å²) in [6, 6.07) is 11.0. The summed E-state index contributed by atoms with van der Waals surface area (Å²) in [6.07, 6.45) is 6.62. The number of anilines is 1. The van der Waals surface area contributed by atoms with E-state index in [0.29, 0.717) is 29.4 Å². The number of aliphatic hydroxyl groups is 1. The molecule has 1 saturated heterocycles. The highest BCUT2D eigenvalue weighted by atomic mass is 32.1. The number of hydrogen-bond acceptors (Lipinski definition) is 6. The van der Waals surface area contributed by atoms with E-state index in [0.717, 1.165) is 28.9 Å². The van der Waals surface area contributed by atoms with Crippen LogP contribution in [0.25, 0.3) is 16.0 Å². The Hall–Kier alpha value is -3.76. The molecule has 4 heterocycles. The summed E-state index contributed by atoms with van der Waals surface area (Å²) in [4.78, 5) is 32.7. The van der Waals surface area contributed by atoms with Crippen molar-refractivity contribution in [1.29, 1.82) is 0 Å². The van der Waals surface area contributed by atoms with E-state index in [4.69, 9.17) is 4.98 Å². The number of thiophene rings is 1. The van der Waals surface area contributed by atoms with Crippen LogP contribution in [0.5, 0.6) is 0 Å². The number of aromatic nitrogens is 4. The molecule has 3 aromatic heterocycles. The maximum atomic E-state index is 13.2. The second-order valence-corrected chi connectivity index (χ2v) is 10.4. The van der Waals surface area contributed by atoms with E-state index in [9.17, 15) is 14.7 Å². The molecule has 1 unspecified atom stereocenters. The fourth-order valence-corrected chi connectivity index (χ4v) is 5.41. The third-order valence-electron chi connectivity index (χ3n) is 6.45. The smallest absolute Gasteiger partial charge is 0.268 e. The van der Waals surface area contributed by atoms with Crippen LogP contribution in [0.4, 0.5) is 5.95 Å². The first kappa shape index (κ1) is 24.0. The second kappa shape index (κ2) is 9.36. The number of carbonyl (C=O) groups excluding carboxylic acids is 2. The number of imidazole rings is 1.